The van der Waals surface area contributed by atoms with Crippen LogP contribution >= 0.6 is 0 Å². The Balaban J connectivity index is 2.49. The van der Waals surface area contributed by atoms with E-state index in [-0.39, 0.29) is 55.0 Å². The number of nitrogens with one attached hydrogen (secondary N) is 1. The second-order valence-corrected chi connectivity index (χ2v) is 7.34. The molecule has 11 heteroatoms. The van der Waals surface area contributed by atoms with Gasteiger partial charge >= 0.3 is 11.7 Å². The Hall–Kier alpha value is -3.60. The van der Waals surface area contributed by atoms with Gasteiger partial charge in [0.1, 0.15) is 11.6 Å². The highest BCUT2D eigenvalue weighted by molar-refractivity contribution is 6.07. The van der Waals surface area contributed by atoms with Crippen molar-refractivity contribution in [2.45, 2.75) is 20.4 Å². The van der Waals surface area contributed by atoms with E-state index < -0.39 is 23.1 Å². The summed E-state index contributed by atoms with van der Waals surface area (Å²) in [7, 11) is 2.69. The molecule has 1 amide bonds. The minimum absolute atomic E-state index is 0.00966. The molecule has 3 N–H and O–H groups in total. The lowest BCUT2D eigenvalue weighted by Crippen LogP contribution is -2.42. The predicted octanol–water partition coefficient (Wildman–Crippen LogP) is 0.620. The summed E-state index contributed by atoms with van der Waals surface area (Å²) in [6.07, 6.45) is 0. The smallest absolute Gasteiger partial charge is 0.343 e. The number of H-pyrrole nitrogens is 1. The largest absolute Gasteiger partial charge is 0.482 e. The van der Waals surface area contributed by atoms with Gasteiger partial charge in [-0.3, -0.25) is 24.0 Å². The molecule has 1 aromatic heterocycles. The van der Waals surface area contributed by atoms with Crippen LogP contribution in [0.1, 0.15) is 24.2 Å². The zero-order chi connectivity index (χ0) is 23.8. The quantitative estimate of drug-likeness (QED) is 0.503. The number of esters is 1. The molecule has 2 aromatic rings. The highest BCUT2D eigenvalue weighted by Crippen LogP contribution is 2.22. The van der Waals surface area contributed by atoms with E-state index in [4.69, 9.17) is 15.2 Å². The first kappa shape index (κ1) is 24.7. The topological polar surface area (TPSA) is 146 Å². The number of rotatable bonds is 10. The van der Waals surface area contributed by atoms with Gasteiger partial charge in [-0.15, -0.1) is 0 Å². The molecule has 0 saturated heterocycles. The molecule has 0 radical (unpaired) electrons. The number of ether oxygens (including phenoxy) is 3. The molecule has 0 unspecified atom stereocenters. The summed E-state index contributed by atoms with van der Waals surface area (Å²) in [5.74, 6) is -0.914. The summed E-state index contributed by atoms with van der Waals surface area (Å²) in [6.45, 7) is 3.85. The second kappa shape index (κ2) is 11.1. The average Bonchev–Trinajstić information content (AvgIpc) is 2.76. The molecule has 11 nitrogen and oxygen atoms in total. The van der Waals surface area contributed by atoms with Crippen LogP contribution in [0.15, 0.2) is 33.9 Å². The van der Waals surface area contributed by atoms with Crippen molar-refractivity contribution in [3.05, 3.63) is 50.7 Å². The molecule has 0 spiro atoms. The SMILES string of the molecule is COCCN(C(=O)c1cccc(OCC(=O)OC)c1)c1c(N)n(CC(C)C)c(=O)[nH]c1=O. The van der Waals surface area contributed by atoms with E-state index in [9.17, 15) is 19.2 Å². The van der Waals surface area contributed by atoms with Gasteiger partial charge in [-0.1, -0.05) is 19.9 Å². The lowest BCUT2D eigenvalue weighted by molar-refractivity contribution is -0.142. The van der Waals surface area contributed by atoms with Gasteiger partial charge in [0.25, 0.3) is 11.5 Å². The van der Waals surface area contributed by atoms with Crippen LogP contribution in [0.3, 0.4) is 0 Å². The lowest BCUT2D eigenvalue weighted by Gasteiger charge is -2.25. The summed E-state index contributed by atoms with van der Waals surface area (Å²) < 4.78 is 16.2. The molecule has 32 heavy (non-hydrogen) atoms. The number of methoxy groups -OCH3 is 2. The van der Waals surface area contributed by atoms with Gasteiger partial charge in [0, 0.05) is 25.8 Å². The Labute approximate surface area is 184 Å². The molecular formula is C21H28N4O7. The van der Waals surface area contributed by atoms with Gasteiger partial charge in [-0.25, -0.2) is 9.59 Å². The zero-order valence-corrected chi connectivity index (χ0v) is 18.5. The maximum Gasteiger partial charge on any atom is 0.343 e. The Bertz CT molecular complexity index is 1070. The summed E-state index contributed by atoms with van der Waals surface area (Å²) in [5, 5.41) is 0. The molecule has 0 saturated carbocycles. The summed E-state index contributed by atoms with van der Waals surface area (Å²) in [4.78, 5) is 53.0. The van der Waals surface area contributed by atoms with Crippen LogP contribution < -0.4 is 26.6 Å². The van der Waals surface area contributed by atoms with Crippen LogP contribution in [0.4, 0.5) is 11.5 Å². The summed E-state index contributed by atoms with van der Waals surface area (Å²) >= 11 is 0. The fourth-order valence-corrected chi connectivity index (χ4v) is 2.96. The molecule has 0 bridgehead atoms. The average molecular weight is 448 g/mol. The number of nitrogens with zero attached hydrogens (tertiary/aromatic N) is 2. The Morgan fingerprint density at radius 1 is 1.22 bits per heavy atom. The van der Waals surface area contributed by atoms with Gasteiger partial charge in [0.2, 0.25) is 0 Å². The summed E-state index contributed by atoms with van der Waals surface area (Å²) in [6, 6.07) is 6.10. The van der Waals surface area contributed by atoms with Gasteiger partial charge in [0.15, 0.2) is 12.3 Å². The third kappa shape index (κ3) is 5.97. The van der Waals surface area contributed by atoms with E-state index in [0.717, 1.165) is 4.90 Å². The Morgan fingerprint density at radius 3 is 2.56 bits per heavy atom. The van der Waals surface area contributed by atoms with Crippen LogP contribution in [-0.4, -0.2) is 55.4 Å². The number of nitrogens with two attached hydrogens (primary N) is 1. The third-order valence-electron chi connectivity index (χ3n) is 4.46. The number of carbonyl (C=O) groups is 2. The maximum atomic E-state index is 13.3. The number of aromatic amines is 1. The van der Waals surface area contributed by atoms with Gasteiger partial charge in [-0.05, 0) is 24.1 Å². The predicted molar refractivity (Wildman–Crippen MR) is 118 cm³/mol. The van der Waals surface area contributed by atoms with Gasteiger partial charge in [-0.2, -0.15) is 0 Å². The minimum Gasteiger partial charge on any atom is -0.482 e. The van der Waals surface area contributed by atoms with Crippen molar-refractivity contribution in [1.29, 1.82) is 0 Å². The number of nitrogen functional groups attached to an aromatic ring is 1. The number of benzene rings is 1. The first-order valence-electron chi connectivity index (χ1n) is 9.92. The number of aromatic nitrogens is 2. The van der Waals surface area contributed by atoms with E-state index in [1.807, 2.05) is 13.8 Å². The normalized spacial score (nSPS) is 10.8. The molecule has 0 aliphatic carbocycles. The number of hydrogen-bond acceptors (Lipinski definition) is 8. The molecule has 0 fully saturated rings. The summed E-state index contributed by atoms with van der Waals surface area (Å²) in [5.41, 5.74) is 4.79. The van der Waals surface area contributed by atoms with Gasteiger partial charge < -0.3 is 19.9 Å². The van der Waals surface area contributed by atoms with Crippen molar-refractivity contribution in [3.63, 3.8) is 0 Å². The fraction of sp³-hybridized carbons (Fsp3) is 0.429. The van der Waals surface area contributed by atoms with E-state index in [1.165, 1.54) is 30.9 Å². The van der Waals surface area contributed by atoms with Crippen molar-refractivity contribution < 1.29 is 23.8 Å². The van der Waals surface area contributed by atoms with E-state index in [0.29, 0.717) is 0 Å². The van der Waals surface area contributed by atoms with Crippen LogP contribution in [0.2, 0.25) is 0 Å². The highest BCUT2D eigenvalue weighted by atomic mass is 16.6. The molecule has 174 valence electrons. The minimum atomic E-state index is -0.782. The molecule has 1 aromatic carbocycles. The Morgan fingerprint density at radius 2 is 1.94 bits per heavy atom. The standard InChI is InChI=1S/C21H28N4O7/c1-13(2)11-25-18(22)17(19(27)23-21(25)29)24(8-9-30-3)20(28)14-6-5-7-15(10-14)32-12-16(26)31-4/h5-7,10,13H,8-9,11-12,22H2,1-4H3,(H,23,27,29). The second-order valence-electron chi connectivity index (χ2n) is 7.34. The monoisotopic (exact) mass is 448 g/mol. The van der Waals surface area contributed by atoms with Crippen LogP contribution in [-0.2, 0) is 20.8 Å². The molecule has 1 heterocycles. The third-order valence-corrected chi connectivity index (χ3v) is 4.46. The van der Waals surface area contributed by atoms with E-state index >= 15 is 0 Å². The fourth-order valence-electron chi connectivity index (χ4n) is 2.96. The Kier molecular flexibility index (Phi) is 8.59. The van der Waals surface area contributed by atoms with Crippen molar-refractivity contribution in [2.24, 2.45) is 5.92 Å². The van der Waals surface area contributed by atoms with Crippen molar-refractivity contribution >= 4 is 23.4 Å². The van der Waals surface area contributed by atoms with Crippen LogP contribution in [0, 0.1) is 5.92 Å². The zero-order valence-electron chi connectivity index (χ0n) is 18.5. The van der Waals surface area contributed by atoms with Crippen molar-refractivity contribution in [3.8, 4) is 5.75 Å². The number of carbonyl (C=O) groups excluding carboxylic acids is 2. The molecule has 2 rings (SSSR count). The van der Waals surface area contributed by atoms with Gasteiger partial charge in [0.05, 0.1) is 13.7 Å². The van der Waals surface area contributed by atoms with Crippen LogP contribution in [0.25, 0.3) is 0 Å². The van der Waals surface area contributed by atoms with Crippen molar-refractivity contribution in [2.75, 3.05) is 44.6 Å². The molecule has 0 aliphatic rings. The molecule has 0 aliphatic heterocycles. The first-order chi connectivity index (χ1) is 15.2. The number of hydrogen-bond donors (Lipinski definition) is 2. The van der Waals surface area contributed by atoms with E-state index in [1.54, 1.807) is 12.1 Å². The number of amides is 1. The van der Waals surface area contributed by atoms with Crippen molar-refractivity contribution in [1.82, 2.24) is 9.55 Å². The molecular weight excluding hydrogens is 420 g/mol. The number of anilines is 2. The maximum absolute atomic E-state index is 13.3. The molecule has 0 atom stereocenters. The first-order valence-corrected chi connectivity index (χ1v) is 9.92. The van der Waals surface area contributed by atoms with Crippen LogP contribution in [0.5, 0.6) is 5.75 Å². The highest BCUT2D eigenvalue weighted by Gasteiger charge is 2.25. The van der Waals surface area contributed by atoms with E-state index in [2.05, 4.69) is 9.72 Å². The lowest BCUT2D eigenvalue weighted by atomic mass is 10.1.